The number of nitrogens with one attached hydrogen (secondary N) is 1. The minimum Gasteiger partial charge on any atom is -0.336 e. The van der Waals surface area contributed by atoms with Crippen LogP contribution in [0.1, 0.15) is 52.9 Å². The number of likely N-dealkylation sites (N-methyl/N-ethyl adjacent to an activating group) is 1. The molecule has 3 aliphatic rings. The van der Waals surface area contributed by atoms with Crippen LogP contribution in [-0.2, 0) is 0 Å². The van der Waals surface area contributed by atoms with E-state index in [1.54, 1.807) is 0 Å². The molecular weight excluding hydrogens is 288 g/mol. The molecule has 5 heteroatoms. The van der Waals surface area contributed by atoms with Crippen molar-refractivity contribution in [2.24, 2.45) is 0 Å². The number of hydrogen-bond acceptors (Lipinski definition) is 3. The van der Waals surface area contributed by atoms with Gasteiger partial charge in [0.15, 0.2) is 0 Å². The minimum atomic E-state index is 0.136. The number of rotatable bonds is 5. The van der Waals surface area contributed by atoms with Gasteiger partial charge in [-0.3, -0.25) is 9.80 Å². The van der Waals surface area contributed by atoms with Gasteiger partial charge in [0.1, 0.15) is 0 Å². The molecule has 3 rings (SSSR count). The number of hydrogen-bond donors (Lipinski definition) is 1. The van der Waals surface area contributed by atoms with Gasteiger partial charge in [-0.25, -0.2) is 4.79 Å². The maximum atomic E-state index is 12.6. The molecule has 5 nitrogen and oxygen atoms in total. The number of nitrogens with zero attached hydrogens (tertiary/aromatic N) is 3. The maximum absolute atomic E-state index is 12.6. The molecule has 2 aliphatic heterocycles. The Labute approximate surface area is 141 Å². The number of urea groups is 1. The monoisotopic (exact) mass is 322 g/mol. The van der Waals surface area contributed by atoms with Crippen molar-refractivity contribution in [1.82, 2.24) is 20.0 Å². The molecule has 1 N–H and O–H groups in total. The van der Waals surface area contributed by atoms with Crippen LogP contribution in [0.25, 0.3) is 0 Å². The normalized spacial score (nSPS) is 29.9. The number of carbonyl (C=O) groups is 1. The summed E-state index contributed by atoms with van der Waals surface area (Å²) in [5, 5.41) is 3.17. The quantitative estimate of drug-likeness (QED) is 0.843. The summed E-state index contributed by atoms with van der Waals surface area (Å²) in [6.07, 6.45) is 6.30. The Morgan fingerprint density at radius 1 is 1.13 bits per heavy atom. The summed E-state index contributed by atoms with van der Waals surface area (Å²) >= 11 is 0. The zero-order valence-electron chi connectivity index (χ0n) is 15.3. The summed E-state index contributed by atoms with van der Waals surface area (Å²) < 4.78 is 0. The van der Waals surface area contributed by atoms with Crippen LogP contribution in [-0.4, -0.2) is 77.6 Å². The molecule has 0 spiro atoms. The molecule has 1 aliphatic carbocycles. The van der Waals surface area contributed by atoms with Crippen molar-refractivity contribution < 1.29 is 4.79 Å². The van der Waals surface area contributed by atoms with Gasteiger partial charge in [0.25, 0.3) is 0 Å². The Kier molecular flexibility index (Phi) is 5.16. The maximum Gasteiger partial charge on any atom is 0.317 e. The van der Waals surface area contributed by atoms with Gasteiger partial charge in [-0.2, -0.15) is 0 Å². The molecule has 1 saturated carbocycles. The van der Waals surface area contributed by atoms with Gasteiger partial charge in [-0.1, -0.05) is 0 Å². The average molecular weight is 322 g/mol. The predicted octanol–water partition coefficient (Wildman–Crippen LogP) is 2.13. The van der Waals surface area contributed by atoms with Crippen molar-refractivity contribution in [1.29, 1.82) is 0 Å². The molecule has 132 valence electrons. The first-order chi connectivity index (χ1) is 11.0. The third-order valence-electron chi connectivity index (χ3n) is 6.09. The highest BCUT2D eigenvalue weighted by Crippen LogP contribution is 2.32. The highest BCUT2D eigenvalue weighted by atomic mass is 16.2. The first-order valence-electron chi connectivity index (χ1n) is 9.49. The van der Waals surface area contributed by atoms with E-state index in [4.69, 9.17) is 0 Å². The largest absolute Gasteiger partial charge is 0.336 e. The van der Waals surface area contributed by atoms with Crippen LogP contribution in [0.5, 0.6) is 0 Å². The number of fused-ring (bicyclic) bond motifs is 2. The highest BCUT2D eigenvalue weighted by molar-refractivity contribution is 5.74. The fourth-order valence-corrected chi connectivity index (χ4v) is 4.47. The van der Waals surface area contributed by atoms with Crippen molar-refractivity contribution in [2.45, 2.75) is 83.1 Å². The summed E-state index contributed by atoms with van der Waals surface area (Å²) in [5.74, 6) is 0. The van der Waals surface area contributed by atoms with Crippen molar-refractivity contribution in [3.05, 3.63) is 0 Å². The van der Waals surface area contributed by atoms with E-state index in [9.17, 15) is 4.79 Å². The Morgan fingerprint density at radius 2 is 1.83 bits per heavy atom. The van der Waals surface area contributed by atoms with E-state index in [0.29, 0.717) is 24.2 Å². The lowest BCUT2D eigenvalue weighted by molar-refractivity contribution is 0.146. The Hall–Kier alpha value is -0.810. The minimum absolute atomic E-state index is 0.136. The molecule has 0 unspecified atom stereocenters. The lowest BCUT2D eigenvalue weighted by Crippen LogP contribution is -2.49. The third kappa shape index (κ3) is 3.82. The predicted molar refractivity (Wildman–Crippen MR) is 93.6 cm³/mol. The van der Waals surface area contributed by atoms with Crippen molar-refractivity contribution in [2.75, 3.05) is 26.7 Å². The lowest BCUT2D eigenvalue weighted by Gasteiger charge is -2.32. The first kappa shape index (κ1) is 17.0. The molecule has 0 aromatic heterocycles. The summed E-state index contributed by atoms with van der Waals surface area (Å²) in [5.41, 5.74) is 0. The van der Waals surface area contributed by atoms with E-state index in [1.807, 2.05) is 0 Å². The van der Waals surface area contributed by atoms with E-state index in [0.717, 1.165) is 32.1 Å². The van der Waals surface area contributed by atoms with E-state index in [1.165, 1.54) is 25.7 Å². The van der Waals surface area contributed by atoms with E-state index < -0.39 is 0 Å². The van der Waals surface area contributed by atoms with Gasteiger partial charge in [-0.15, -0.1) is 0 Å². The summed E-state index contributed by atoms with van der Waals surface area (Å²) in [6, 6.07) is 3.12. The summed E-state index contributed by atoms with van der Waals surface area (Å²) in [4.78, 5) is 19.7. The highest BCUT2D eigenvalue weighted by Gasteiger charge is 2.39. The van der Waals surface area contributed by atoms with Gasteiger partial charge in [0.05, 0.1) is 0 Å². The lowest BCUT2D eigenvalue weighted by atomic mass is 10.1. The molecule has 23 heavy (non-hydrogen) atoms. The van der Waals surface area contributed by atoms with E-state index in [-0.39, 0.29) is 6.03 Å². The zero-order valence-corrected chi connectivity index (χ0v) is 15.3. The van der Waals surface area contributed by atoms with Gasteiger partial charge >= 0.3 is 6.03 Å². The van der Waals surface area contributed by atoms with Gasteiger partial charge in [0.2, 0.25) is 0 Å². The van der Waals surface area contributed by atoms with Gasteiger partial charge in [0, 0.05) is 49.8 Å². The number of likely N-dealkylation sites (tertiary alicyclic amines) is 1. The Bertz CT molecular complexity index is 423. The molecule has 0 radical (unpaired) electrons. The summed E-state index contributed by atoms with van der Waals surface area (Å²) in [6.45, 7) is 9.34. The first-order valence-corrected chi connectivity index (χ1v) is 9.49. The average Bonchev–Trinajstić information content (AvgIpc) is 3.28. The third-order valence-corrected chi connectivity index (χ3v) is 6.09. The van der Waals surface area contributed by atoms with Crippen LogP contribution in [0.4, 0.5) is 4.79 Å². The molecule has 0 aromatic rings. The smallest absolute Gasteiger partial charge is 0.317 e. The van der Waals surface area contributed by atoms with Crippen LogP contribution in [0.15, 0.2) is 0 Å². The molecule has 3 fully saturated rings. The molecule has 0 aromatic carbocycles. The molecule has 3 atom stereocenters. The molecular formula is C18H34N4O. The van der Waals surface area contributed by atoms with Crippen LogP contribution < -0.4 is 5.32 Å². The van der Waals surface area contributed by atoms with Crippen molar-refractivity contribution >= 4 is 6.03 Å². The zero-order chi connectivity index (χ0) is 16.6. The Morgan fingerprint density at radius 3 is 2.48 bits per heavy atom. The summed E-state index contributed by atoms with van der Waals surface area (Å²) in [7, 11) is 2.18. The van der Waals surface area contributed by atoms with Crippen molar-refractivity contribution in [3.63, 3.8) is 0 Å². The van der Waals surface area contributed by atoms with E-state index in [2.05, 4.69) is 47.8 Å². The number of carbonyl (C=O) groups excluding carboxylic acids is 1. The second-order valence-corrected chi connectivity index (χ2v) is 8.09. The topological polar surface area (TPSA) is 38.8 Å². The van der Waals surface area contributed by atoms with Crippen LogP contribution in [0, 0.1) is 0 Å². The molecule has 2 amide bonds. The van der Waals surface area contributed by atoms with Crippen molar-refractivity contribution in [3.8, 4) is 0 Å². The van der Waals surface area contributed by atoms with E-state index >= 15 is 0 Å². The number of amides is 2. The van der Waals surface area contributed by atoms with Gasteiger partial charge in [-0.05, 0) is 59.9 Å². The Balaban J connectivity index is 1.50. The molecule has 2 heterocycles. The SMILES string of the molecule is CC(C)N1[C@@H]2CC[C@H]1CN(C(=O)NC[C@@H](C)N(C)C1CC1)CC2. The molecule has 2 bridgehead atoms. The van der Waals surface area contributed by atoms with Crippen LogP contribution in [0.2, 0.25) is 0 Å². The fourth-order valence-electron chi connectivity index (χ4n) is 4.47. The second-order valence-electron chi connectivity index (χ2n) is 8.09. The van der Waals surface area contributed by atoms with Gasteiger partial charge < -0.3 is 10.2 Å². The van der Waals surface area contributed by atoms with Crippen LogP contribution in [0.3, 0.4) is 0 Å². The fraction of sp³-hybridized carbons (Fsp3) is 0.944. The standard InChI is InChI=1S/C18H34N4O/c1-13(2)22-16-7-8-17(22)12-21(10-9-16)18(23)19-11-14(3)20(4)15-5-6-15/h13-17H,5-12H2,1-4H3,(H,19,23)/t14-,16-,17+/m1/s1. The van der Waals surface area contributed by atoms with Crippen LogP contribution >= 0.6 is 0 Å². The second kappa shape index (κ2) is 6.98. The molecule has 2 saturated heterocycles.